The fourth-order valence-corrected chi connectivity index (χ4v) is 1.86. The number of ether oxygens (including phenoxy) is 1. The van der Waals surface area contributed by atoms with Crippen LogP contribution in [-0.2, 0) is 4.74 Å². The van der Waals surface area contributed by atoms with Gasteiger partial charge in [-0.1, -0.05) is 22.6 Å². The number of hydrogen-bond donors (Lipinski definition) is 3. The minimum atomic E-state index is -0.979. The van der Waals surface area contributed by atoms with E-state index in [9.17, 15) is 10.2 Å². The third kappa shape index (κ3) is 1.90. The Bertz CT molecular complexity index is 150. The summed E-state index contributed by atoms with van der Waals surface area (Å²) in [6, 6.07) is 0. The van der Waals surface area contributed by atoms with Gasteiger partial charge in [-0.15, -0.1) is 0 Å². The van der Waals surface area contributed by atoms with Crippen molar-refractivity contribution in [2.24, 2.45) is 0 Å². The van der Waals surface area contributed by atoms with Gasteiger partial charge in [-0.05, 0) is 6.92 Å². The Hall–Kier alpha value is 0.570. The van der Waals surface area contributed by atoms with Crippen molar-refractivity contribution >= 4 is 22.6 Å². The molecule has 1 heterocycles. The van der Waals surface area contributed by atoms with E-state index in [4.69, 9.17) is 9.84 Å². The lowest BCUT2D eigenvalue weighted by molar-refractivity contribution is -0.167. The molecule has 5 unspecified atom stereocenters. The second-order valence-electron chi connectivity index (χ2n) is 2.99. The fourth-order valence-electron chi connectivity index (χ4n) is 1.27. The highest BCUT2D eigenvalue weighted by atomic mass is 127. The Morgan fingerprint density at radius 3 is 2.42 bits per heavy atom. The second kappa shape index (κ2) is 4.19. The van der Waals surface area contributed by atoms with E-state index in [-0.39, 0.29) is 16.6 Å². The van der Waals surface area contributed by atoms with Crippen molar-refractivity contribution < 1.29 is 20.1 Å². The van der Waals surface area contributed by atoms with Gasteiger partial charge >= 0.3 is 0 Å². The molecule has 3 N–H and O–H groups in total. The van der Waals surface area contributed by atoms with Gasteiger partial charge in [0.15, 0.2) is 0 Å². The van der Waals surface area contributed by atoms with E-state index in [1.165, 1.54) is 0 Å². The summed E-state index contributed by atoms with van der Waals surface area (Å²) in [6.07, 6.45) is -2.58. The van der Waals surface area contributed by atoms with Crippen LogP contribution in [0.2, 0.25) is 0 Å². The van der Waals surface area contributed by atoms with Crippen molar-refractivity contribution in [3.05, 3.63) is 0 Å². The molecule has 0 saturated carbocycles. The first-order valence-electron chi connectivity index (χ1n) is 3.84. The zero-order chi connectivity index (χ0) is 9.30. The van der Waals surface area contributed by atoms with Crippen LogP contribution in [0.5, 0.6) is 0 Å². The summed E-state index contributed by atoms with van der Waals surface area (Å²) in [5.74, 6) is 0. The molecular weight excluding hydrogens is 275 g/mol. The molecule has 72 valence electrons. The quantitative estimate of drug-likeness (QED) is 0.440. The SMILES string of the molecule is CC1OC(CO)C(O)C(O)C1I. The molecule has 1 fully saturated rings. The van der Waals surface area contributed by atoms with Crippen LogP contribution in [0.3, 0.4) is 0 Å². The first-order chi connectivity index (χ1) is 5.57. The molecule has 1 saturated heterocycles. The fraction of sp³-hybridized carbons (Fsp3) is 1.00. The minimum absolute atomic E-state index is 0.125. The minimum Gasteiger partial charge on any atom is -0.394 e. The molecule has 5 atom stereocenters. The molecule has 0 aromatic carbocycles. The molecule has 0 aliphatic carbocycles. The lowest BCUT2D eigenvalue weighted by atomic mass is 9.99. The lowest BCUT2D eigenvalue weighted by Crippen LogP contribution is -2.55. The average Bonchev–Trinajstić information content (AvgIpc) is 2.08. The average molecular weight is 288 g/mol. The maximum atomic E-state index is 9.47. The number of alkyl halides is 1. The van der Waals surface area contributed by atoms with Crippen LogP contribution < -0.4 is 0 Å². The third-order valence-electron chi connectivity index (χ3n) is 2.07. The van der Waals surface area contributed by atoms with E-state index >= 15 is 0 Å². The van der Waals surface area contributed by atoms with E-state index < -0.39 is 18.3 Å². The van der Waals surface area contributed by atoms with Gasteiger partial charge in [0.1, 0.15) is 12.2 Å². The summed E-state index contributed by atoms with van der Waals surface area (Å²) in [7, 11) is 0. The molecule has 0 aromatic heterocycles. The number of rotatable bonds is 1. The van der Waals surface area contributed by atoms with Crippen LogP contribution in [0.25, 0.3) is 0 Å². The Balaban J connectivity index is 2.63. The van der Waals surface area contributed by atoms with Crippen molar-refractivity contribution in [1.82, 2.24) is 0 Å². The predicted molar refractivity (Wildman–Crippen MR) is 51.2 cm³/mol. The summed E-state index contributed by atoms with van der Waals surface area (Å²) in [6.45, 7) is 1.56. The van der Waals surface area contributed by atoms with Crippen molar-refractivity contribution in [3.8, 4) is 0 Å². The highest BCUT2D eigenvalue weighted by Gasteiger charge is 2.40. The number of halogens is 1. The van der Waals surface area contributed by atoms with Crippen LogP contribution in [0.15, 0.2) is 0 Å². The molecule has 12 heavy (non-hydrogen) atoms. The Morgan fingerprint density at radius 1 is 1.33 bits per heavy atom. The number of hydrogen-bond acceptors (Lipinski definition) is 4. The topological polar surface area (TPSA) is 69.9 Å². The van der Waals surface area contributed by atoms with Crippen LogP contribution in [0.1, 0.15) is 6.92 Å². The van der Waals surface area contributed by atoms with Crippen LogP contribution in [0.4, 0.5) is 0 Å². The summed E-state index contributed by atoms with van der Waals surface area (Å²) < 4.78 is 5.14. The highest BCUT2D eigenvalue weighted by molar-refractivity contribution is 14.1. The standard InChI is InChI=1S/C7H13IO4/c1-3-5(8)7(11)6(10)4(2-9)12-3/h3-7,9-11H,2H2,1H3. The highest BCUT2D eigenvalue weighted by Crippen LogP contribution is 2.26. The zero-order valence-electron chi connectivity index (χ0n) is 6.72. The first kappa shape index (κ1) is 10.6. The van der Waals surface area contributed by atoms with E-state index in [0.29, 0.717) is 0 Å². The monoisotopic (exact) mass is 288 g/mol. The van der Waals surface area contributed by atoms with Gasteiger partial charge in [-0.3, -0.25) is 0 Å². The Labute approximate surface area is 84.7 Å². The molecule has 0 amide bonds. The van der Waals surface area contributed by atoms with Gasteiger partial charge in [0.05, 0.1) is 22.7 Å². The molecule has 0 spiro atoms. The van der Waals surface area contributed by atoms with E-state index in [0.717, 1.165) is 0 Å². The molecule has 1 rings (SSSR count). The molecule has 4 nitrogen and oxygen atoms in total. The summed E-state index contributed by atoms with van der Waals surface area (Å²) >= 11 is 2.03. The van der Waals surface area contributed by atoms with Gasteiger partial charge in [0.2, 0.25) is 0 Å². The third-order valence-corrected chi connectivity index (χ3v) is 3.82. The van der Waals surface area contributed by atoms with E-state index in [1.54, 1.807) is 0 Å². The molecule has 0 radical (unpaired) electrons. The molecule has 1 aliphatic rings. The van der Waals surface area contributed by atoms with Crippen LogP contribution >= 0.6 is 22.6 Å². The Morgan fingerprint density at radius 2 is 1.92 bits per heavy atom. The molecular formula is C7H13IO4. The van der Waals surface area contributed by atoms with Crippen molar-refractivity contribution in [1.29, 1.82) is 0 Å². The molecule has 1 aliphatic heterocycles. The molecule has 5 heteroatoms. The lowest BCUT2D eigenvalue weighted by Gasteiger charge is -2.38. The molecule has 0 bridgehead atoms. The van der Waals surface area contributed by atoms with Gasteiger partial charge in [-0.25, -0.2) is 0 Å². The predicted octanol–water partition coefficient (Wildman–Crippen LogP) is -0.709. The van der Waals surface area contributed by atoms with Crippen molar-refractivity contribution in [2.75, 3.05) is 6.61 Å². The van der Waals surface area contributed by atoms with Crippen LogP contribution in [0, 0.1) is 0 Å². The van der Waals surface area contributed by atoms with Crippen molar-refractivity contribution in [2.45, 2.75) is 35.3 Å². The Kier molecular flexibility index (Phi) is 3.72. The van der Waals surface area contributed by atoms with Gasteiger partial charge in [-0.2, -0.15) is 0 Å². The van der Waals surface area contributed by atoms with Crippen molar-refractivity contribution in [3.63, 3.8) is 0 Å². The molecule has 0 aromatic rings. The smallest absolute Gasteiger partial charge is 0.109 e. The van der Waals surface area contributed by atoms with Gasteiger partial charge in [0, 0.05) is 0 Å². The second-order valence-corrected chi connectivity index (χ2v) is 4.43. The first-order valence-corrected chi connectivity index (χ1v) is 5.09. The maximum Gasteiger partial charge on any atom is 0.109 e. The maximum absolute atomic E-state index is 9.47. The van der Waals surface area contributed by atoms with Gasteiger partial charge < -0.3 is 20.1 Å². The normalized spacial score (nSPS) is 49.2. The summed E-state index contributed by atoms with van der Waals surface area (Å²) in [5.41, 5.74) is 0. The van der Waals surface area contributed by atoms with Gasteiger partial charge in [0.25, 0.3) is 0 Å². The number of aliphatic hydroxyl groups is 3. The largest absolute Gasteiger partial charge is 0.394 e. The number of aliphatic hydroxyl groups excluding tert-OH is 3. The van der Waals surface area contributed by atoms with Crippen LogP contribution in [-0.4, -0.2) is 50.3 Å². The summed E-state index contributed by atoms with van der Waals surface area (Å²) in [4.78, 5) is 0. The van der Waals surface area contributed by atoms with E-state index in [1.807, 2.05) is 29.5 Å². The van der Waals surface area contributed by atoms with E-state index in [2.05, 4.69) is 0 Å². The summed E-state index contributed by atoms with van der Waals surface area (Å²) in [5, 5.41) is 27.6. The zero-order valence-corrected chi connectivity index (χ0v) is 8.88.